The van der Waals surface area contributed by atoms with E-state index in [2.05, 4.69) is 15.3 Å². The first-order chi connectivity index (χ1) is 9.92. The van der Waals surface area contributed by atoms with Gasteiger partial charge in [0, 0.05) is 12.1 Å². The first kappa shape index (κ1) is 14.9. The number of nitrogens with one attached hydrogen (secondary N) is 1. The average Bonchev–Trinajstić information content (AvgIpc) is 2.36. The lowest BCUT2D eigenvalue weighted by Crippen LogP contribution is -2.07. The second-order valence-corrected chi connectivity index (χ2v) is 4.99. The van der Waals surface area contributed by atoms with E-state index in [0.717, 1.165) is 16.7 Å². The second-order valence-electron chi connectivity index (χ2n) is 4.99. The molecule has 0 saturated carbocycles. The molecule has 110 valence electrons. The quantitative estimate of drug-likeness (QED) is 0.688. The van der Waals surface area contributed by atoms with Gasteiger partial charge in [0.15, 0.2) is 5.69 Å². The molecule has 1 aromatic heterocycles. The van der Waals surface area contributed by atoms with Crippen molar-refractivity contribution in [3.63, 3.8) is 0 Å². The molecule has 2 aromatic rings. The van der Waals surface area contributed by atoms with E-state index in [1.54, 1.807) is 6.92 Å². The van der Waals surface area contributed by atoms with Crippen LogP contribution in [0.3, 0.4) is 0 Å². The maximum absolute atomic E-state index is 11.4. The Bertz CT molecular complexity index is 678. The summed E-state index contributed by atoms with van der Waals surface area (Å²) in [5.74, 6) is 0.412. The van der Waals surface area contributed by atoms with Gasteiger partial charge in [-0.05, 0) is 39.8 Å². The molecule has 1 heterocycles. The molecule has 0 bridgehead atoms. The fraction of sp³-hybridized carbons (Fsp3) is 0.333. The molecule has 0 atom stereocenters. The number of rotatable bonds is 4. The van der Waals surface area contributed by atoms with E-state index in [0.29, 0.717) is 23.9 Å². The molecule has 6 nitrogen and oxygen atoms in total. The summed E-state index contributed by atoms with van der Waals surface area (Å²) in [5, 5.41) is 14.4. The standard InChI is InChI=1S/C15H18N4O2/c1-5-16-15-17-11(4)14(19(20)21)13(18-15)12-7-9(2)6-10(3)8-12/h6-8H,5H2,1-4H3,(H,16,17,18). The lowest BCUT2D eigenvalue weighted by molar-refractivity contribution is -0.385. The van der Waals surface area contributed by atoms with Gasteiger partial charge in [-0.15, -0.1) is 0 Å². The van der Waals surface area contributed by atoms with Gasteiger partial charge >= 0.3 is 5.69 Å². The number of benzene rings is 1. The molecule has 0 aliphatic heterocycles. The lowest BCUT2D eigenvalue weighted by Gasteiger charge is -2.09. The topological polar surface area (TPSA) is 81.0 Å². The van der Waals surface area contributed by atoms with E-state index in [9.17, 15) is 10.1 Å². The van der Waals surface area contributed by atoms with E-state index >= 15 is 0 Å². The molecule has 0 amide bonds. The van der Waals surface area contributed by atoms with Gasteiger partial charge in [0.2, 0.25) is 5.95 Å². The summed E-state index contributed by atoms with van der Waals surface area (Å²) < 4.78 is 0. The van der Waals surface area contributed by atoms with E-state index in [-0.39, 0.29) is 5.69 Å². The monoisotopic (exact) mass is 286 g/mol. The van der Waals surface area contributed by atoms with Gasteiger partial charge in [-0.3, -0.25) is 10.1 Å². The van der Waals surface area contributed by atoms with Crippen LogP contribution < -0.4 is 5.32 Å². The third-order valence-electron chi connectivity index (χ3n) is 3.07. The van der Waals surface area contributed by atoms with Crippen LogP contribution in [0.5, 0.6) is 0 Å². The van der Waals surface area contributed by atoms with Crippen molar-refractivity contribution in [2.75, 3.05) is 11.9 Å². The Balaban J connectivity index is 2.71. The van der Waals surface area contributed by atoms with Crippen LogP contribution in [0.25, 0.3) is 11.3 Å². The van der Waals surface area contributed by atoms with Crippen LogP contribution in [0.2, 0.25) is 0 Å². The van der Waals surface area contributed by atoms with E-state index in [1.165, 1.54) is 0 Å². The molecule has 0 saturated heterocycles. The summed E-state index contributed by atoms with van der Waals surface area (Å²) in [4.78, 5) is 19.4. The Labute approximate surface area is 123 Å². The van der Waals surface area contributed by atoms with Crippen molar-refractivity contribution in [3.8, 4) is 11.3 Å². The minimum absolute atomic E-state index is 0.0401. The molecular weight excluding hydrogens is 268 g/mol. The van der Waals surface area contributed by atoms with E-state index in [1.807, 2.05) is 39.0 Å². The first-order valence-corrected chi connectivity index (χ1v) is 6.78. The van der Waals surface area contributed by atoms with Crippen LogP contribution in [0.4, 0.5) is 11.6 Å². The van der Waals surface area contributed by atoms with Crippen molar-refractivity contribution in [1.82, 2.24) is 9.97 Å². The smallest absolute Gasteiger partial charge is 0.316 e. The van der Waals surface area contributed by atoms with Gasteiger partial charge in [0.25, 0.3) is 0 Å². The number of anilines is 1. The van der Waals surface area contributed by atoms with Gasteiger partial charge in [0.1, 0.15) is 5.69 Å². The van der Waals surface area contributed by atoms with Crippen molar-refractivity contribution in [2.45, 2.75) is 27.7 Å². The Morgan fingerprint density at radius 1 is 1.14 bits per heavy atom. The van der Waals surface area contributed by atoms with Crippen LogP contribution in [0.1, 0.15) is 23.7 Å². The SMILES string of the molecule is CCNc1nc(C)c([N+](=O)[O-])c(-c2cc(C)cc(C)c2)n1. The number of aryl methyl sites for hydroxylation is 3. The van der Waals surface area contributed by atoms with Crippen molar-refractivity contribution < 1.29 is 4.92 Å². The predicted octanol–water partition coefficient (Wildman–Crippen LogP) is 3.41. The van der Waals surface area contributed by atoms with Crippen LogP contribution in [0, 0.1) is 30.9 Å². The lowest BCUT2D eigenvalue weighted by atomic mass is 10.0. The first-order valence-electron chi connectivity index (χ1n) is 6.78. The zero-order valence-electron chi connectivity index (χ0n) is 12.6. The molecule has 6 heteroatoms. The summed E-state index contributed by atoms with van der Waals surface area (Å²) in [6, 6.07) is 5.82. The highest BCUT2D eigenvalue weighted by molar-refractivity contribution is 5.73. The molecule has 0 fully saturated rings. The average molecular weight is 286 g/mol. The largest absolute Gasteiger partial charge is 0.354 e. The summed E-state index contributed by atoms with van der Waals surface area (Å²) in [7, 11) is 0. The van der Waals surface area contributed by atoms with E-state index in [4.69, 9.17) is 0 Å². The Hall–Kier alpha value is -2.50. The third-order valence-corrected chi connectivity index (χ3v) is 3.07. The number of nitro groups is 1. The number of hydrogen-bond acceptors (Lipinski definition) is 5. The molecule has 2 rings (SSSR count). The van der Waals surface area contributed by atoms with Crippen molar-refractivity contribution in [3.05, 3.63) is 45.1 Å². The minimum Gasteiger partial charge on any atom is -0.354 e. The van der Waals surface area contributed by atoms with E-state index < -0.39 is 4.92 Å². The van der Waals surface area contributed by atoms with Crippen LogP contribution in [0.15, 0.2) is 18.2 Å². The third kappa shape index (κ3) is 3.16. The fourth-order valence-corrected chi connectivity index (χ4v) is 2.34. The zero-order chi connectivity index (χ0) is 15.6. The molecule has 0 unspecified atom stereocenters. The molecule has 0 aliphatic carbocycles. The predicted molar refractivity (Wildman–Crippen MR) is 82.5 cm³/mol. The Morgan fingerprint density at radius 3 is 2.29 bits per heavy atom. The maximum Gasteiger partial charge on any atom is 0.316 e. The van der Waals surface area contributed by atoms with Gasteiger partial charge in [-0.1, -0.05) is 17.2 Å². The van der Waals surface area contributed by atoms with Crippen LogP contribution in [-0.4, -0.2) is 21.4 Å². The summed E-state index contributed by atoms with van der Waals surface area (Å²) in [6.45, 7) is 8.14. The summed E-state index contributed by atoms with van der Waals surface area (Å²) in [5.41, 5.74) is 3.50. The van der Waals surface area contributed by atoms with Crippen molar-refractivity contribution in [1.29, 1.82) is 0 Å². The molecule has 1 N–H and O–H groups in total. The maximum atomic E-state index is 11.4. The van der Waals surface area contributed by atoms with Crippen molar-refractivity contribution >= 4 is 11.6 Å². The molecule has 0 aliphatic rings. The second kappa shape index (κ2) is 5.87. The number of nitrogens with zero attached hydrogens (tertiary/aromatic N) is 3. The highest BCUT2D eigenvalue weighted by Crippen LogP contribution is 2.32. The highest BCUT2D eigenvalue weighted by Gasteiger charge is 2.23. The number of aromatic nitrogens is 2. The van der Waals surface area contributed by atoms with Gasteiger partial charge < -0.3 is 5.32 Å². The van der Waals surface area contributed by atoms with Crippen LogP contribution in [-0.2, 0) is 0 Å². The molecule has 1 aromatic carbocycles. The summed E-state index contributed by atoms with van der Waals surface area (Å²) >= 11 is 0. The summed E-state index contributed by atoms with van der Waals surface area (Å²) in [6.07, 6.45) is 0. The van der Waals surface area contributed by atoms with Gasteiger partial charge in [0.05, 0.1) is 4.92 Å². The minimum atomic E-state index is -0.419. The zero-order valence-corrected chi connectivity index (χ0v) is 12.6. The molecule has 0 spiro atoms. The van der Waals surface area contributed by atoms with Gasteiger partial charge in [-0.25, -0.2) is 9.97 Å². The molecular formula is C15H18N4O2. The normalized spacial score (nSPS) is 10.5. The molecule has 21 heavy (non-hydrogen) atoms. The molecule has 0 radical (unpaired) electrons. The fourth-order valence-electron chi connectivity index (χ4n) is 2.34. The number of hydrogen-bond donors (Lipinski definition) is 1. The Morgan fingerprint density at radius 2 is 1.76 bits per heavy atom. The van der Waals surface area contributed by atoms with Crippen LogP contribution >= 0.6 is 0 Å². The highest BCUT2D eigenvalue weighted by atomic mass is 16.6. The van der Waals surface area contributed by atoms with Gasteiger partial charge in [-0.2, -0.15) is 0 Å². The van der Waals surface area contributed by atoms with Crippen molar-refractivity contribution in [2.24, 2.45) is 0 Å². The Kier molecular flexibility index (Phi) is 4.16.